The quantitative estimate of drug-likeness (QED) is 0.427. The van der Waals surface area contributed by atoms with Gasteiger partial charge in [-0.3, -0.25) is 14.4 Å². The molecular weight excluding hydrogens is 230 g/mol. The van der Waals surface area contributed by atoms with Crippen molar-refractivity contribution in [2.24, 2.45) is 5.73 Å². The molecule has 0 heterocycles. The summed E-state index contributed by atoms with van der Waals surface area (Å²) >= 11 is 0. The highest BCUT2D eigenvalue weighted by Crippen LogP contribution is 1.93. The Morgan fingerprint density at radius 1 is 1.24 bits per heavy atom. The van der Waals surface area contributed by atoms with Crippen LogP contribution < -0.4 is 16.4 Å². The van der Waals surface area contributed by atoms with Crippen LogP contribution in [0.2, 0.25) is 0 Å². The second kappa shape index (κ2) is 6.46. The molecule has 3 amide bonds. The third-order valence-electron chi connectivity index (χ3n) is 1.83. The van der Waals surface area contributed by atoms with Crippen LogP contribution in [0.15, 0.2) is 0 Å². The van der Waals surface area contributed by atoms with Crippen molar-refractivity contribution in [3.8, 4) is 0 Å². The van der Waals surface area contributed by atoms with Crippen LogP contribution in [0, 0.1) is 0 Å². The van der Waals surface area contributed by atoms with Gasteiger partial charge in [0, 0.05) is 6.92 Å². The van der Waals surface area contributed by atoms with Crippen LogP contribution in [0.25, 0.3) is 0 Å². The summed E-state index contributed by atoms with van der Waals surface area (Å²) in [6, 6.07) is -2.28. The Morgan fingerprint density at radius 2 is 1.76 bits per heavy atom. The van der Waals surface area contributed by atoms with Crippen LogP contribution in [0.1, 0.15) is 20.3 Å². The zero-order valence-electron chi connectivity index (χ0n) is 9.52. The lowest BCUT2D eigenvalue weighted by molar-refractivity contribution is -0.143. The molecule has 5 N–H and O–H groups in total. The van der Waals surface area contributed by atoms with Crippen molar-refractivity contribution in [1.29, 1.82) is 0 Å². The van der Waals surface area contributed by atoms with Crippen LogP contribution in [0.3, 0.4) is 0 Å². The number of nitrogens with two attached hydrogens (primary N) is 1. The fourth-order valence-corrected chi connectivity index (χ4v) is 1.07. The first-order valence-corrected chi connectivity index (χ1v) is 4.82. The molecule has 8 nitrogen and oxygen atoms in total. The second-order valence-electron chi connectivity index (χ2n) is 3.49. The first-order chi connectivity index (χ1) is 7.73. The number of carboxylic acids is 1. The molecule has 0 aromatic rings. The highest BCUT2D eigenvalue weighted by molar-refractivity contribution is 5.91. The molecule has 0 fully saturated rings. The Morgan fingerprint density at radius 3 is 2.12 bits per heavy atom. The number of aliphatic carboxylic acids is 1. The SMILES string of the molecule is CC(=O)NC(C)C(=O)NC(CC(N)=O)C(=O)O. The average Bonchev–Trinajstić information content (AvgIpc) is 2.14. The molecule has 0 aromatic carbocycles. The number of hydrogen-bond donors (Lipinski definition) is 4. The van der Waals surface area contributed by atoms with Gasteiger partial charge in [0.25, 0.3) is 0 Å². The topological polar surface area (TPSA) is 139 Å². The zero-order valence-corrected chi connectivity index (χ0v) is 9.52. The van der Waals surface area contributed by atoms with Crippen molar-refractivity contribution >= 4 is 23.7 Å². The molecule has 96 valence electrons. The summed E-state index contributed by atoms with van der Waals surface area (Å²) in [4.78, 5) is 43.4. The number of carbonyl (C=O) groups is 4. The largest absolute Gasteiger partial charge is 0.480 e. The van der Waals surface area contributed by atoms with E-state index >= 15 is 0 Å². The van der Waals surface area contributed by atoms with Crippen molar-refractivity contribution in [2.75, 3.05) is 0 Å². The second-order valence-corrected chi connectivity index (χ2v) is 3.49. The lowest BCUT2D eigenvalue weighted by Gasteiger charge is -2.17. The molecule has 8 heteroatoms. The highest BCUT2D eigenvalue weighted by atomic mass is 16.4. The smallest absolute Gasteiger partial charge is 0.326 e. The molecule has 0 aliphatic carbocycles. The summed E-state index contributed by atoms with van der Waals surface area (Å²) < 4.78 is 0. The first-order valence-electron chi connectivity index (χ1n) is 4.82. The number of primary amides is 1. The van der Waals surface area contributed by atoms with Gasteiger partial charge in [0.05, 0.1) is 6.42 Å². The number of carboxylic acid groups (broad SMARTS) is 1. The molecule has 0 saturated carbocycles. The lowest BCUT2D eigenvalue weighted by Crippen LogP contribution is -2.51. The van der Waals surface area contributed by atoms with Gasteiger partial charge >= 0.3 is 5.97 Å². The Kier molecular flexibility index (Phi) is 5.65. The molecule has 0 aliphatic rings. The summed E-state index contributed by atoms with van der Waals surface area (Å²) in [5, 5.41) is 13.1. The van der Waals surface area contributed by atoms with Gasteiger partial charge in [-0.25, -0.2) is 4.79 Å². The molecule has 0 aromatic heterocycles. The summed E-state index contributed by atoms with van der Waals surface area (Å²) in [6.45, 7) is 2.61. The van der Waals surface area contributed by atoms with Gasteiger partial charge in [0.1, 0.15) is 12.1 Å². The molecule has 0 bridgehead atoms. The molecule has 17 heavy (non-hydrogen) atoms. The van der Waals surface area contributed by atoms with Gasteiger partial charge in [-0.05, 0) is 6.92 Å². The van der Waals surface area contributed by atoms with E-state index in [2.05, 4.69) is 10.6 Å². The van der Waals surface area contributed by atoms with Crippen LogP contribution in [0.5, 0.6) is 0 Å². The maximum absolute atomic E-state index is 11.4. The van der Waals surface area contributed by atoms with Crippen LogP contribution in [-0.4, -0.2) is 40.9 Å². The molecule has 0 saturated heterocycles. The van der Waals surface area contributed by atoms with Gasteiger partial charge in [-0.2, -0.15) is 0 Å². The van der Waals surface area contributed by atoms with Crippen molar-refractivity contribution in [1.82, 2.24) is 10.6 Å². The van der Waals surface area contributed by atoms with Gasteiger partial charge < -0.3 is 21.5 Å². The van der Waals surface area contributed by atoms with Crippen molar-refractivity contribution < 1.29 is 24.3 Å². The van der Waals surface area contributed by atoms with E-state index in [1.807, 2.05) is 0 Å². The molecule has 0 radical (unpaired) electrons. The number of nitrogens with one attached hydrogen (secondary N) is 2. The van der Waals surface area contributed by atoms with E-state index in [4.69, 9.17) is 10.8 Å². The molecule has 0 spiro atoms. The summed E-state index contributed by atoms with van der Waals surface area (Å²) in [6.07, 6.45) is -0.506. The van der Waals surface area contributed by atoms with Gasteiger partial charge in [0.15, 0.2) is 0 Å². The molecule has 0 rings (SSSR count). The normalized spacial score (nSPS) is 13.3. The monoisotopic (exact) mass is 245 g/mol. The Balaban J connectivity index is 4.44. The van der Waals surface area contributed by atoms with E-state index < -0.39 is 42.2 Å². The van der Waals surface area contributed by atoms with E-state index in [1.165, 1.54) is 13.8 Å². The Hall–Kier alpha value is -2.12. The first kappa shape index (κ1) is 14.9. The van der Waals surface area contributed by atoms with E-state index in [0.29, 0.717) is 0 Å². The lowest BCUT2D eigenvalue weighted by atomic mass is 10.2. The fourth-order valence-electron chi connectivity index (χ4n) is 1.07. The van der Waals surface area contributed by atoms with E-state index in [-0.39, 0.29) is 0 Å². The number of carbonyl (C=O) groups excluding carboxylic acids is 3. The van der Waals surface area contributed by atoms with Crippen LogP contribution >= 0.6 is 0 Å². The van der Waals surface area contributed by atoms with Crippen molar-refractivity contribution in [2.45, 2.75) is 32.4 Å². The number of rotatable bonds is 6. The Labute approximate surface area is 97.5 Å². The minimum Gasteiger partial charge on any atom is -0.480 e. The van der Waals surface area contributed by atoms with Gasteiger partial charge in [-0.1, -0.05) is 0 Å². The maximum atomic E-state index is 11.4. The van der Waals surface area contributed by atoms with E-state index in [0.717, 1.165) is 0 Å². The van der Waals surface area contributed by atoms with Gasteiger partial charge in [-0.15, -0.1) is 0 Å². The zero-order chi connectivity index (χ0) is 13.6. The maximum Gasteiger partial charge on any atom is 0.326 e. The molecular formula is C9H15N3O5. The summed E-state index contributed by atoms with van der Waals surface area (Å²) in [7, 11) is 0. The minimum atomic E-state index is -1.39. The Bertz CT molecular complexity index is 342. The number of amides is 3. The predicted octanol–water partition coefficient (Wildman–Crippen LogP) is -2.04. The average molecular weight is 245 g/mol. The predicted molar refractivity (Wildman–Crippen MR) is 56.7 cm³/mol. The van der Waals surface area contributed by atoms with Crippen molar-refractivity contribution in [3.05, 3.63) is 0 Å². The van der Waals surface area contributed by atoms with Gasteiger partial charge in [0.2, 0.25) is 17.7 Å². The summed E-state index contributed by atoms with van der Waals surface area (Å²) in [5.41, 5.74) is 4.84. The molecule has 0 aliphatic heterocycles. The van der Waals surface area contributed by atoms with Crippen LogP contribution in [0.4, 0.5) is 0 Å². The minimum absolute atomic E-state index is 0.422. The molecule has 2 unspecified atom stereocenters. The van der Waals surface area contributed by atoms with E-state index in [1.54, 1.807) is 0 Å². The fraction of sp³-hybridized carbons (Fsp3) is 0.556. The third-order valence-corrected chi connectivity index (χ3v) is 1.83. The third kappa shape index (κ3) is 6.13. The van der Waals surface area contributed by atoms with Crippen LogP contribution in [-0.2, 0) is 19.2 Å². The molecule has 2 atom stereocenters. The van der Waals surface area contributed by atoms with Crippen molar-refractivity contribution in [3.63, 3.8) is 0 Å². The number of hydrogen-bond acceptors (Lipinski definition) is 4. The highest BCUT2D eigenvalue weighted by Gasteiger charge is 2.24. The summed E-state index contributed by atoms with van der Waals surface area (Å²) in [5.74, 6) is -3.33. The standard InChI is InChI=1S/C9H15N3O5/c1-4(11-5(2)13)8(15)12-6(9(16)17)3-7(10)14/h4,6H,3H2,1-2H3,(H2,10,14)(H,11,13)(H,12,15)(H,16,17). The van der Waals surface area contributed by atoms with E-state index in [9.17, 15) is 19.2 Å².